The summed E-state index contributed by atoms with van der Waals surface area (Å²) < 4.78 is 25.8. The van der Waals surface area contributed by atoms with Crippen molar-refractivity contribution in [1.82, 2.24) is 4.98 Å². The van der Waals surface area contributed by atoms with Crippen LogP contribution in [0.3, 0.4) is 0 Å². The van der Waals surface area contributed by atoms with Gasteiger partial charge in [-0.3, -0.25) is 4.79 Å². The highest BCUT2D eigenvalue weighted by Crippen LogP contribution is 2.30. The van der Waals surface area contributed by atoms with Crippen LogP contribution >= 0.6 is 22.9 Å². The van der Waals surface area contributed by atoms with E-state index in [1.54, 1.807) is 23.5 Å². The van der Waals surface area contributed by atoms with Crippen molar-refractivity contribution < 1.29 is 13.2 Å². The fourth-order valence-electron chi connectivity index (χ4n) is 2.79. The predicted molar refractivity (Wildman–Crippen MR) is 117 cm³/mol. The van der Waals surface area contributed by atoms with E-state index in [0.717, 1.165) is 20.8 Å². The lowest BCUT2D eigenvalue weighted by Crippen LogP contribution is -2.23. The highest BCUT2D eigenvalue weighted by Gasteiger charge is 2.19. The topological polar surface area (TPSA) is 76.1 Å². The molecule has 1 N–H and O–H groups in total. The molecular formula is C21H15ClN2O3S2. The first kappa shape index (κ1) is 19.6. The number of hydrogen-bond donors (Lipinski definition) is 1. The lowest BCUT2D eigenvalue weighted by molar-refractivity contribution is -0.113. The molecular weight excluding hydrogens is 428 g/mol. The molecule has 0 radical (unpaired) electrons. The molecule has 0 unspecified atom stereocenters. The summed E-state index contributed by atoms with van der Waals surface area (Å²) in [7, 11) is -3.74. The quantitative estimate of drug-likeness (QED) is 0.470. The van der Waals surface area contributed by atoms with Crippen LogP contribution in [0.1, 0.15) is 0 Å². The van der Waals surface area contributed by atoms with Crippen LogP contribution in [0.4, 0.5) is 5.69 Å². The number of thiazole rings is 1. The summed E-state index contributed by atoms with van der Waals surface area (Å²) in [5.74, 6) is -1.25. The molecule has 1 amide bonds. The number of benzene rings is 3. The van der Waals surface area contributed by atoms with E-state index in [2.05, 4.69) is 10.3 Å². The third-order valence-corrected chi connectivity index (χ3v) is 7.17. The van der Waals surface area contributed by atoms with Gasteiger partial charge in [0.2, 0.25) is 5.91 Å². The normalized spacial score (nSPS) is 11.5. The van der Waals surface area contributed by atoms with Crippen molar-refractivity contribution in [2.45, 2.75) is 4.90 Å². The van der Waals surface area contributed by atoms with Crippen molar-refractivity contribution in [2.75, 3.05) is 11.1 Å². The van der Waals surface area contributed by atoms with Crippen LogP contribution in [-0.2, 0) is 14.6 Å². The largest absolute Gasteiger partial charge is 0.325 e. The van der Waals surface area contributed by atoms with E-state index >= 15 is 0 Å². The maximum atomic E-state index is 12.4. The van der Waals surface area contributed by atoms with Crippen LogP contribution in [0, 0.1) is 0 Å². The number of anilines is 1. The maximum Gasteiger partial charge on any atom is 0.239 e. The zero-order chi connectivity index (χ0) is 20.4. The highest BCUT2D eigenvalue weighted by atomic mass is 35.5. The van der Waals surface area contributed by atoms with Gasteiger partial charge in [0, 0.05) is 16.3 Å². The van der Waals surface area contributed by atoms with Gasteiger partial charge >= 0.3 is 0 Å². The van der Waals surface area contributed by atoms with Crippen LogP contribution in [0.5, 0.6) is 0 Å². The van der Waals surface area contributed by atoms with Gasteiger partial charge < -0.3 is 5.32 Å². The van der Waals surface area contributed by atoms with E-state index in [-0.39, 0.29) is 4.90 Å². The molecule has 0 aliphatic rings. The minimum atomic E-state index is -3.74. The molecule has 4 aromatic rings. The number of nitrogens with zero attached hydrogens (tertiary/aromatic N) is 1. The SMILES string of the molecule is O=C(CS(=O)(=O)c1ccc(Cl)cc1)Nc1ccc(-c2nc3ccccc3s2)cc1. The number of fused-ring (bicyclic) bond motifs is 1. The molecule has 5 nitrogen and oxygen atoms in total. The van der Waals surface area contributed by atoms with E-state index in [0.29, 0.717) is 10.7 Å². The molecule has 4 rings (SSSR count). The van der Waals surface area contributed by atoms with Crippen molar-refractivity contribution >= 4 is 54.6 Å². The van der Waals surface area contributed by atoms with Crippen LogP contribution in [-0.4, -0.2) is 25.1 Å². The maximum absolute atomic E-state index is 12.4. The number of sulfone groups is 1. The van der Waals surface area contributed by atoms with Gasteiger partial charge in [-0.2, -0.15) is 0 Å². The van der Waals surface area contributed by atoms with Gasteiger partial charge in [-0.1, -0.05) is 23.7 Å². The second-order valence-corrected chi connectivity index (χ2v) is 9.78. The van der Waals surface area contributed by atoms with E-state index in [1.807, 2.05) is 36.4 Å². The van der Waals surface area contributed by atoms with Gasteiger partial charge in [-0.15, -0.1) is 11.3 Å². The molecule has 0 bridgehead atoms. The molecule has 146 valence electrons. The molecule has 0 atom stereocenters. The van der Waals surface area contributed by atoms with Crippen molar-refractivity contribution in [1.29, 1.82) is 0 Å². The lowest BCUT2D eigenvalue weighted by atomic mass is 10.2. The minimum Gasteiger partial charge on any atom is -0.325 e. The van der Waals surface area contributed by atoms with Crippen molar-refractivity contribution in [3.63, 3.8) is 0 Å². The number of carbonyl (C=O) groups excluding carboxylic acids is 1. The summed E-state index contributed by atoms with van der Waals surface area (Å²) in [5, 5.41) is 3.94. The summed E-state index contributed by atoms with van der Waals surface area (Å²) in [6.07, 6.45) is 0. The van der Waals surface area contributed by atoms with E-state index in [4.69, 9.17) is 11.6 Å². The van der Waals surface area contributed by atoms with Gasteiger partial charge in [0.05, 0.1) is 15.1 Å². The Morgan fingerprint density at radius 3 is 2.34 bits per heavy atom. The fraction of sp³-hybridized carbons (Fsp3) is 0.0476. The smallest absolute Gasteiger partial charge is 0.239 e. The fourth-order valence-corrected chi connectivity index (χ4v) is 5.02. The van der Waals surface area contributed by atoms with Crippen molar-refractivity contribution in [2.24, 2.45) is 0 Å². The Labute approximate surface area is 176 Å². The second kappa shape index (κ2) is 7.94. The minimum absolute atomic E-state index is 0.0585. The Morgan fingerprint density at radius 1 is 0.966 bits per heavy atom. The van der Waals surface area contributed by atoms with Crippen LogP contribution < -0.4 is 5.32 Å². The number of halogens is 1. The van der Waals surface area contributed by atoms with Crippen molar-refractivity contribution in [3.8, 4) is 10.6 Å². The molecule has 0 saturated carbocycles. The molecule has 29 heavy (non-hydrogen) atoms. The monoisotopic (exact) mass is 442 g/mol. The molecule has 1 heterocycles. The second-order valence-electron chi connectivity index (χ2n) is 6.33. The molecule has 0 saturated heterocycles. The lowest BCUT2D eigenvalue weighted by Gasteiger charge is -2.07. The molecule has 3 aromatic carbocycles. The van der Waals surface area contributed by atoms with Gasteiger partial charge in [0.15, 0.2) is 9.84 Å². The number of carbonyl (C=O) groups is 1. The molecule has 8 heteroatoms. The molecule has 1 aromatic heterocycles. The summed E-state index contributed by atoms with van der Waals surface area (Å²) in [4.78, 5) is 16.9. The van der Waals surface area contributed by atoms with E-state index < -0.39 is 21.5 Å². The van der Waals surface area contributed by atoms with Gasteiger partial charge in [-0.05, 0) is 60.7 Å². The Bertz CT molecular complexity index is 1250. The first-order chi connectivity index (χ1) is 13.9. The molecule has 0 fully saturated rings. The molecule has 0 aliphatic carbocycles. The number of amides is 1. The molecule has 0 spiro atoms. The van der Waals surface area contributed by atoms with Crippen molar-refractivity contribution in [3.05, 3.63) is 77.8 Å². The van der Waals surface area contributed by atoms with E-state index in [1.165, 1.54) is 24.3 Å². The third kappa shape index (κ3) is 4.48. The Hall–Kier alpha value is -2.74. The average Bonchev–Trinajstić information content (AvgIpc) is 3.12. The summed E-state index contributed by atoms with van der Waals surface area (Å²) in [5.41, 5.74) is 2.39. The highest BCUT2D eigenvalue weighted by molar-refractivity contribution is 7.92. The number of hydrogen-bond acceptors (Lipinski definition) is 5. The molecule has 0 aliphatic heterocycles. The average molecular weight is 443 g/mol. The van der Waals surface area contributed by atoms with Crippen LogP contribution in [0.2, 0.25) is 5.02 Å². The Morgan fingerprint density at radius 2 is 1.66 bits per heavy atom. The standard InChI is InChI=1S/C21H15ClN2O3S2/c22-15-7-11-17(12-8-15)29(26,27)13-20(25)23-16-9-5-14(6-10-16)21-24-18-3-1-2-4-19(18)28-21/h1-12H,13H2,(H,23,25). The first-order valence-corrected chi connectivity index (χ1v) is 11.5. The van der Waals surface area contributed by atoms with Gasteiger partial charge in [-0.25, -0.2) is 13.4 Å². The Balaban J connectivity index is 1.45. The summed E-state index contributed by atoms with van der Waals surface area (Å²) in [6.45, 7) is 0. The number of rotatable bonds is 5. The van der Waals surface area contributed by atoms with Gasteiger partial charge in [0.25, 0.3) is 0 Å². The predicted octanol–water partition coefficient (Wildman–Crippen LogP) is 5.03. The summed E-state index contributed by atoms with van der Waals surface area (Å²) >= 11 is 7.37. The zero-order valence-corrected chi connectivity index (χ0v) is 17.4. The Kier molecular flexibility index (Phi) is 5.36. The number of nitrogens with one attached hydrogen (secondary N) is 1. The zero-order valence-electron chi connectivity index (χ0n) is 15.0. The number of para-hydroxylation sites is 1. The third-order valence-electron chi connectivity index (χ3n) is 4.20. The first-order valence-electron chi connectivity index (χ1n) is 8.65. The van der Waals surface area contributed by atoms with E-state index in [9.17, 15) is 13.2 Å². The van der Waals surface area contributed by atoms with Crippen LogP contribution in [0.25, 0.3) is 20.8 Å². The van der Waals surface area contributed by atoms with Gasteiger partial charge in [0.1, 0.15) is 10.8 Å². The van der Waals surface area contributed by atoms with Crippen LogP contribution in [0.15, 0.2) is 77.7 Å². The summed E-state index contributed by atoms with van der Waals surface area (Å²) in [6, 6.07) is 20.8. The number of aromatic nitrogens is 1.